The third-order valence-electron chi connectivity index (χ3n) is 1.96. The van der Waals surface area contributed by atoms with E-state index in [0.29, 0.717) is 12.2 Å². The van der Waals surface area contributed by atoms with Gasteiger partial charge in [0.05, 0.1) is 25.3 Å². The van der Waals surface area contributed by atoms with Crippen molar-refractivity contribution in [1.82, 2.24) is 15.2 Å². The van der Waals surface area contributed by atoms with Crippen LogP contribution in [0.25, 0.3) is 0 Å². The van der Waals surface area contributed by atoms with Gasteiger partial charge < -0.3 is 14.6 Å². The van der Waals surface area contributed by atoms with Crippen molar-refractivity contribution in [2.45, 2.75) is 6.54 Å². The van der Waals surface area contributed by atoms with Gasteiger partial charge in [-0.25, -0.2) is 4.98 Å². The first kappa shape index (κ1) is 8.74. The number of carbonyl (C=O) groups is 2. The summed E-state index contributed by atoms with van der Waals surface area (Å²) in [5, 5.41) is 2.47. The Morgan fingerprint density at radius 1 is 1.57 bits per heavy atom. The zero-order chi connectivity index (χ0) is 9.97. The summed E-state index contributed by atoms with van der Waals surface area (Å²) in [4.78, 5) is 27.6. The van der Waals surface area contributed by atoms with Crippen LogP contribution in [0.2, 0.25) is 0 Å². The van der Waals surface area contributed by atoms with E-state index in [1.807, 2.05) is 0 Å². The third kappa shape index (κ3) is 1.73. The van der Waals surface area contributed by atoms with E-state index in [1.165, 1.54) is 17.6 Å². The molecule has 2 heterocycles. The van der Waals surface area contributed by atoms with Crippen LogP contribution < -0.4 is 5.32 Å². The second kappa shape index (κ2) is 3.49. The van der Waals surface area contributed by atoms with Crippen LogP contribution in [-0.4, -0.2) is 34.8 Å². The first-order valence-electron chi connectivity index (χ1n) is 4.17. The predicted molar refractivity (Wildman–Crippen MR) is 44.9 cm³/mol. The Morgan fingerprint density at radius 3 is 3.14 bits per heavy atom. The maximum absolute atomic E-state index is 11.3. The second-order valence-electron chi connectivity index (χ2n) is 3.01. The molecule has 14 heavy (non-hydrogen) atoms. The van der Waals surface area contributed by atoms with Gasteiger partial charge in [-0.1, -0.05) is 0 Å². The molecule has 0 aromatic carbocycles. The largest absolute Gasteiger partial charge is 0.451 e. The van der Waals surface area contributed by atoms with E-state index < -0.39 is 0 Å². The summed E-state index contributed by atoms with van der Waals surface area (Å²) in [6, 6.07) is 0. The molecule has 1 N–H and O–H groups in total. The van der Waals surface area contributed by atoms with Crippen molar-refractivity contribution in [1.29, 1.82) is 0 Å². The number of oxazole rings is 1. The van der Waals surface area contributed by atoms with E-state index in [2.05, 4.69) is 10.3 Å². The molecule has 1 saturated heterocycles. The Labute approximate surface area is 79.9 Å². The lowest BCUT2D eigenvalue weighted by atomic mass is 10.3. The highest BCUT2D eigenvalue weighted by atomic mass is 16.3. The maximum Gasteiger partial charge on any atom is 0.242 e. The zero-order valence-corrected chi connectivity index (χ0v) is 7.40. The van der Waals surface area contributed by atoms with Crippen molar-refractivity contribution >= 4 is 11.8 Å². The summed E-state index contributed by atoms with van der Waals surface area (Å²) in [5.74, 6) is -0.249. The average molecular weight is 195 g/mol. The van der Waals surface area contributed by atoms with Gasteiger partial charge in [-0.3, -0.25) is 9.59 Å². The van der Waals surface area contributed by atoms with Crippen molar-refractivity contribution in [3.8, 4) is 0 Å². The minimum atomic E-state index is -0.145. The number of carbonyl (C=O) groups excluding carboxylic acids is 2. The second-order valence-corrected chi connectivity index (χ2v) is 3.01. The topological polar surface area (TPSA) is 75.4 Å². The van der Waals surface area contributed by atoms with Crippen molar-refractivity contribution in [2.24, 2.45) is 0 Å². The number of hydrogen-bond donors (Lipinski definition) is 1. The van der Waals surface area contributed by atoms with Crippen LogP contribution in [0, 0.1) is 0 Å². The number of amides is 2. The summed E-state index contributed by atoms with van der Waals surface area (Å²) in [7, 11) is 0. The Balaban J connectivity index is 2.02. The molecule has 0 radical (unpaired) electrons. The van der Waals surface area contributed by atoms with Gasteiger partial charge in [0.1, 0.15) is 6.26 Å². The van der Waals surface area contributed by atoms with Gasteiger partial charge in [0.25, 0.3) is 0 Å². The molecule has 1 aliphatic rings. The predicted octanol–water partition coefficient (Wildman–Crippen LogP) is -0.867. The van der Waals surface area contributed by atoms with Gasteiger partial charge in [0.2, 0.25) is 11.8 Å². The monoisotopic (exact) mass is 195 g/mol. The maximum atomic E-state index is 11.3. The Hall–Kier alpha value is -1.85. The molecule has 2 amide bonds. The van der Waals surface area contributed by atoms with Gasteiger partial charge in [-0.15, -0.1) is 0 Å². The van der Waals surface area contributed by atoms with Crippen LogP contribution in [-0.2, 0) is 16.1 Å². The lowest BCUT2D eigenvalue weighted by Gasteiger charge is -2.25. The standard InChI is InChI=1S/C8H9N3O3/c12-7-3-11(8(13)1-9-7)2-6-4-14-5-10-6/h4-5H,1-3H2,(H,9,12). The normalized spacial score (nSPS) is 17.0. The van der Waals surface area contributed by atoms with Crippen LogP contribution in [0.15, 0.2) is 17.1 Å². The highest BCUT2D eigenvalue weighted by molar-refractivity contribution is 5.92. The molecular weight excluding hydrogens is 186 g/mol. The molecule has 6 heteroatoms. The van der Waals surface area contributed by atoms with E-state index in [9.17, 15) is 9.59 Å². The lowest BCUT2D eigenvalue weighted by Crippen LogP contribution is -2.51. The molecule has 0 saturated carbocycles. The van der Waals surface area contributed by atoms with Crippen LogP contribution in [0.5, 0.6) is 0 Å². The highest BCUT2D eigenvalue weighted by Gasteiger charge is 2.23. The smallest absolute Gasteiger partial charge is 0.242 e. The quantitative estimate of drug-likeness (QED) is 0.665. The van der Waals surface area contributed by atoms with Crippen LogP contribution in [0.3, 0.4) is 0 Å². The van der Waals surface area contributed by atoms with Gasteiger partial charge in [-0.05, 0) is 0 Å². The summed E-state index contributed by atoms with van der Waals surface area (Å²) in [5.41, 5.74) is 0.646. The highest BCUT2D eigenvalue weighted by Crippen LogP contribution is 2.03. The van der Waals surface area contributed by atoms with Crippen molar-refractivity contribution in [2.75, 3.05) is 13.1 Å². The number of aromatic nitrogens is 1. The van der Waals surface area contributed by atoms with E-state index in [4.69, 9.17) is 4.42 Å². The summed E-state index contributed by atoms with van der Waals surface area (Å²) in [6.07, 6.45) is 2.75. The SMILES string of the molecule is O=C1CN(Cc2cocn2)C(=O)CN1. The molecule has 74 valence electrons. The molecule has 0 aliphatic carbocycles. The average Bonchev–Trinajstić information content (AvgIpc) is 2.64. The Morgan fingerprint density at radius 2 is 2.43 bits per heavy atom. The van der Waals surface area contributed by atoms with E-state index in [0.717, 1.165) is 0 Å². The van der Waals surface area contributed by atoms with Crippen molar-refractivity contribution in [3.63, 3.8) is 0 Å². The van der Waals surface area contributed by atoms with Crippen molar-refractivity contribution in [3.05, 3.63) is 18.4 Å². The lowest BCUT2D eigenvalue weighted by molar-refractivity contribution is -0.141. The fourth-order valence-electron chi connectivity index (χ4n) is 1.26. The molecule has 1 aliphatic heterocycles. The fourth-order valence-corrected chi connectivity index (χ4v) is 1.26. The Kier molecular flexibility index (Phi) is 2.18. The van der Waals surface area contributed by atoms with E-state index in [1.54, 1.807) is 0 Å². The molecule has 2 rings (SSSR count). The summed E-state index contributed by atoms with van der Waals surface area (Å²) < 4.78 is 4.77. The number of rotatable bonds is 2. The molecule has 0 atom stereocenters. The van der Waals surface area contributed by atoms with Gasteiger partial charge in [0.15, 0.2) is 6.39 Å². The molecule has 1 fully saturated rings. The number of nitrogens with one attached hydrogen (secondary N) is 1. The Bertz CT molecular complexity index is 347. The first-order valence-corrected chi connectivity index (χ1v) is 4.17. The molecule has 1 aromatic rings. The minimum Gasteiger partial charge on any atom is -0.451 e. The molecule has 1 aromatic heterocycles. The van der Waals surface area contributed by atoms with Gasteiger partial charge in [-0.2, -0.15) is 0 Å². The fraction of sp³-hybridized carbons (Fsp3) is 0.375. The molecule has 0 bridgehead atoms. The third-order valence-corrected chi connectivity index (χ3v) is 1.96. The first-order chi connectivity index (χ1) is 6.75. The zero-order valence-electron chi connectivity index (χ0n) is 7.40. The van der Waals surface area contributed by atoms with Crippen LogP contribution in [0.4, 0.5) is 0 Å². The van der Waals surface area contributed by atoms with Crippen molar-refractivity contribution < 1.29 is 14.0 Å². The van der Waals surface area contributed by atoms with E-state index >= 15 is 0 Å². The van der Waals surface area contributed by atoms with Crippen LogP contribution >= 0.6 is 0 Å². The molecule has 0 spiro atoms. The molecular formula is C8H9N3O3. The van der Waals surface area contributed by atoms with E-state index in [-0.39, 0.29) is 24.9 Å². The van der Waals surface area contributed by atoms with Crippen LogP contribution in [0.1, 0.15) is 5.69 Å². The number of hydrogen-bond acceptors (Lipinski definition) is 4. The molecule has 0 unspecified atom stereocenters. The summed E-state index contributed by atoms with van der Waals surface area (Å²) in [6.45, 7) is 0.477. The molecule has 6 nitrogen and oxygen atoms in total. The van der Waals surface area contributed by atoms with Gasteiger partial charge in [0, 0.05) is 0 Å². The number of nitrogens with zero attached hydrogens (tertiary/aromatic N) is 2. The van der Waals surface area contributed by atoms with Gasteiger partial charge >= 0.3 is 0 Å². The minimum absolute atomic E-state index is 0.0662. The summed E-state index contributed by atoms with van der Waals surface area (Å²) >= 11 is 0. The number of piperazine rings is 1.